The van der Waals surface area contributed by atoms with Crippen molar-refractivity contribution in [3.05, 3.63) is 63.6 Å². The quantitative estimate of drug-likeness (QED) is 0.353. The molecule has 0 fully saturated rings. The Kier molecular flexibility index (Phi) is 6.29. The lowest BCUT2D eigenvalue weighted by Gasteiger charge is -2.13. The van der Waals surface area contributed by atoms with Gasteiger partial charge in [0.05, 0.1) is 23.8 Å². The van der Waals surface area contributed by atoms with E-state index in [4.69, 9.17) is 14.3 Å². The van der Waals surface area contributed by atoms with Crippen LogP contribution in [0.3, 0.4) is 0 Å². The highest BCUT2D eigenvalue weighted by Crippen LogP contribution is 2.37. The molecule has 0 saturated carbocycles. The summed E-state index contributed by atoms with van der Waals surface area (Å²) in [6, 6.07) is 13.2. The molecule has 27 heavy (non-hydrogen) atoms. The van der Waals surface area contributed by atoms with Gasteiger partial charge in [-0.2, -0.15) is 0 Å². The van der Waals surface area contributed by atoms with Crippen LogP contribution >= 0.6 is 15.9 Å². The number of halogens is 1. The molecule has 0 radical (unpaired) electrons. The van der Waals surface area contributed by atoms with Gasteiger partial charge in [-0.15, -0.1) is 0 Å². The van der Waals surface area contributed by atoms with Gasteiger partial charge in [0, 0.05) is 5.56 Å². The van der Waals surface area contributed by atoms with E-state index in [1.807, 2.05) is 42.5 Å². The fraction of sp³-hybridized carbons (Fsp3) is 0.238. The Hall–Kier alpha value is -2.60. The molecule has 0 spiro atoms. The zero-order chi connectivity index (χ0) is 19.2. The normalized spacial score (nSPS) is 14.9. The van der Waals surface area contributed by atoms with Crippen molar-refractivity contribution in [3.63, 3.8) is 0 Å². The largest absolute Gasteiger partial charge is 0.493 e. The van der Waals surface area contributed by atoms with Crippen molar-refractivity contribution in [1.29, 1.82) is 0 Å². The number of oxime groups is 1. The monoisotopic (exact) mass is 429 g/mol. The van der Waals surface area contributed by atoms with E-state index >= 15 is 0 Å². The van der Waals surface area contributed by atoms with E-state index in [1.165, 1.54) is 0 Å². The smallest absolute Gasteiger partial charge is 0.368 e. The molecule has 3 rings (SSSR count). The number of ether oxygens (including phenoxy) is 2. The minimum atomic E-state index is -0.479. The molecule has 6 heteroatoms. The lowest BCUT2D eigenvalue weighted by Crippen LogP contribution is -2.07. The van der Waals surface area contributed by atoms with Gasteiger partial charge < -0.3 is 14.3 Å². The molecule has 0 aliphatic carbocycles. The number of unbranched alkanes of at least 4 members (excludes halogenated alkanes) is 1. The SMILES string of the molecule is CCCCOc1c(Br)cc(/C=C2\C(=O)ON=C2c2ccccc2)cc1OC. The first-order chi connectivity index (χ1) is 13.1. The van der Waals surface area contributed by atoms with Gasteiger partial charge in [0.15, 0.2) is 11.5 Å². The average Bonchev–Trinajstić information content (AvgIpc) is 3.04. The van der Waals surface area contributed by atoms with Gasteiger partial charge in [-0.3, -0.25) is 0 Å². The maximum atomic E-state index is 12.2. The van der Waals surface area contributed by atoms with Crippen LogP contribution in [0.15, 0.2) is 57.7 Å². The molecule has 0 aromatic heterocycles. The third-order valence-electron chi connectivity index (χ3n) is 4.05. The van der Waals surface area contributed by atoms with E-state index in [9.17, 15) is 4.79 Å². The van der Waals surface area contributed by atoms with Crippen LogP contribution in [-0.2, 0) is 9.63 Å². The summed E-state index contributed by atoms with van der Waals surface area (Å²) in [7, 11) is 1.59. The predicted octanol–water partition coefficient (Wildman–Crippen LogP) is 4.98. The van der Waals surface area contributed by atoms with Gasteiger partial charge in [0.1, 0.15) is 5.71 Å². The fourth-order valence-electron chi connectivity index (χ4n) is 2.66. The summed E-state index contributed by atoms with van der Waals surface area (Å²) >= 11 is 3.53. The maximum absolute atomic E-state index is 12.2. The molecule has 0 unspecified atom stereocenters. The van der Waals surface area contributed by atoms with Crippen molar-refractivity contribution in [2.24, 2.45) is 5.16 Å². The number of hydrogen-bond donors (Lipinski definition) is 0. The Labute approximate surface area is 166 Å². The van der Waals surface area contributed by atoms with Crippen molar-refractivity contribution in [3.8, 4) is 11.5 Å². The van der Waals surface area contributed by atoms with Gasteiger partial charge >= 0.3 is 5.97 Å². The molecule has 0 atom stereocenters. The number of hydrogen-bond acceptors (Lipinski definition) is 5. The standard InChI is InChI=1S/C21H20BrNO4/c1-3-4-10-26-20-17(22)12-14(13-18(20)25-2)11-16-19(23-27-21(16)24)15-8-6-5-7-9-15/h5-9,11-13H,3-4,10H2,1-2H3/b16-11-. The third kappa shape index (κ3) is 4.39. The van der Waals surface area contributed by atoms with E-state index in [1.54, 1.807) is 13.2 Å². The Morgan fingerprint density at radius 2 is 2.00 bits per heavy atom. The number of carbonyl (C=O) groups is 1. The predicted molar refractivity (Wildman–Crippen MR) is 108 cm³/mol. The summed E-state index contributed by atoms with van der Waals surface area (Å²) in [5, 5.41) is 3.93. The Morgan fingerprint density at radius 3 is 2.70 bits per heavy atom. The van der Waals surface area contributed by atoms with Crippen molar-refractivity contribution < 1.29 is 19.1 Å². The molecule has 0 saturated heterocycles. The topological polar surface area (TPSA) is 57.1 Å². The zero-order valence-electron chi connectivity index (χ0n) is 15.2. The first-order valence-electron chi connectivity index (χ1n) is 8.71. The lowest BCUT2D eigenvalue weighted by atomic mass is 10.0. The zero-order valence-corrected chi connectivity index (χ0v) is 16.8. The van der Waals surface area contributed by atoms with Crippen molar-refractivity contribution >= 4 is 33.7 Å². The van der Waals surface area contributed by atoms with Crippen molar-refractivity contribution in [2.45, 2.75) is 19.8 Å². The molecule has 0 amide bonds. The van der Waals surface area contributed by atoms with E-state index in [0.29, 0.717) is 29.4 Å². The van der Waals surface area contributed by atoms with E-state index in [-0.39, 0.29) is 0 Å². The molecule has 0 N–H and O–H groups in total. The summed E-state index contributed by atoms with van der Waals surface area (Å²) < 4.78 is 12.1. The summed E-state index contributed by atoms with van der Waals surface area (Å²) in [6.45, 7) is 2.72. The number of rotatable bonds is 7. The number of methoxy groups -OCH3 is 1. The fourth-order valence-corrected chi connectivity index (χ4v) is 3.24. The average molecular weight is 430 g/mol. The van der Waals surface area contributed by atoms with Gasteiger partial charge in [0.25, 0.3) is 0 Å². The molecule has 2 aromatic carbocycles. The number of carbonyl (C=O) groups excluding carboxylic acids is 1. The number of nitrogens with zero attached hydrogens (tertiary/aromatic N) is 1. The van der Waals surface area contributed by atoms with Gasteiger partial charge in [0.2, 0.25) is 0 Å². The molecule has 1 aliphatic rings. The van der Waals surface area contributed by atoms with Crippen LogP contribution in [0.2, 0.25) is 0 Å². The third-order valence-corrected chi connectivity index (χ3v) is 4.64. The summed E-state index contributed by atoms with van der Waals surface area (Å²) in [4.78, 5) is 17.1. The van der Waals surface area contributed by atoms with Gasteiger partial charge in [-0.05, 0) is 46.1 Å². The molecule has 2 aromatic rings. The molecule has 140 valence electrons. The van der Waals surface area contributed by atoms with Crippen LogP contribution in [0.25, 0.3) is 6.08 Å². The molecule has 5 nitrogen and oxygen atoms in total. The van der Waals surface area contributed by atoms with Crippen molar-refractivity contribution in [2.75, 3.05) is 13.7 Å². The van der Waals surface area contributed by atoms with Crippen LogP contribution in [-0.4, -0.2) is 25.4 Å². The lowest BCUT2D eigenvalue weighted by molar-refractivity contribution is -0.136. The van der Waals surface area contributed by atoms with Gasteiger partial charge in [-0.25, -0.2) is 4.79 Å². The molecule has 1 aliphatic heterocycles. The maximum Gasteiger partial charge on any atom is 0.368 e. The second kappa shape index (κ2) is 8.86. The molecular weight excluding hydrogens is 410 g/mol. The van der Waals surface area contributed by atoms with Crippen LogP contribution in [0.5, 0.6) is 11.5 Å². The van der Waals surface area contributed by atoms with E-state index in [2.05, 4.69) is 28.0 Å². The van der Waals surface area contributed by atoms with Gasteiger partial charge in [-0.1, -0.05) is 48.8 Å². The Morgan fingerprint density at radius 1 is 1.22 bits per heavy atom. The van der Waals surface area contributed by atoms with Crippen molar-refractivity contribution in [1.82, 2.24) is 0 Å². The minimum Gasteiger partial charge on any atom is -0.493 e. The number of benzene rings is 2. The van der Waals surface area contributed by atoms with Crippen LogP contribution in [0, 0.1) is 0 Å². The molecule has 0 bridgehead atoms. The highest BCUT2D eigenvalue weighted by molar-refractivity contribution is 9.10. The first kappa shape index (κ1) is 19.2. The van der Waals surface area contributed by atoms with Crippen LogP contribution < -0.4 is 9.47 Å². The first-order valence-corrected chi connectivity index (χ1v) is 9.50. The highest BCUT2D eigenvalue weighted by atomic mass is 79.9. The second-order valence-corrected chi connectivity index (χ2v) is 6.83. The second-order valence-electron chi connectivity index (χ2n) is 5.98. The molecule has 1 heterocycles. The van der Waals surface area contributed by atoms with E-state index in [0.717, 1.165) is 28.4 Å². The van der Waals surface area contributed by atoms with Crippen LogP contribution in [0.4, 0.5) is 0 Å². The highest BCUT2D eigenvalue weighted by Gasteiger charge is 2.27. The Balaban J connectivity index is 1.95. The van der Waals surface area contributed by atoms with Crippen LogP contribution in [0.1, 0.15) is 30.9 Å². The molecular formula is C21H20BrNO4. The summed E-state index contributed by atoms with van der Waals surface area (Å²) in [5.41, 5.74) is 2.51. The minimum absolute atomic E-state index is 0.398. The summed E-state index contributed by atoms with van der Waals surface area (Å²) in [5.74, 6) is 0.767. The Bertz CT molecular complexity index is 891. The van der Waals surface area contributed by atoms with E-state index < -0.39 is 5.97 Å². The summed E-state index contributed by atoms with van der Waals surface area (Å²) in [6.07, 6.45) is 3.75.